The molecule has 2 aromatic heterocycles. The smallest absolute Gasteiger partial charge is 0.269 e. The number of rotatable bonds is 4. The SMILES string of the molecule is CNC(=O)c1cc(SC)c2nc(-c3ccc(O)cc3Cl)nc(N3CCOCC3)c2n1. The van der Waals surface area contributed by atoms with Crippen molar-refractivity contribution in [1.29, 1.82) is 0 Å². The van der Waals surface area contributed by atoms with Gasteiger partial charge in [-0.15, -0.1) is 11.8 Å². The molecule has 0 bridgehead atoms. The second-order valence-corrected chi connectivity index (χ2v) is 7.88. The Kier molecular flexibility index (Phi) is 5.94. The molecule has 1 aliphatic heterocycles. The topological polar surface area (TPSA) is 100 Å². The maximum Gasteiger partial charge on any atom is 0.269 e. The highest BCUT2D eigenvalue weighted by atomic mass is 35.5. The molecule has 1 amide bonds. The zero-order valence-electron chi connectivity index (χ0n) is 16.5. The van der Waals surface area contributed by atoms with Crippen molar-refractivity contribution in [1.82, 2.24) is 20.3 Å². The number of amides is 1. The van der Waals surface area contributed by atoms with Gasteiger partial charge in [-0.05, 0) is 30.5 Å². The van der Waals surface area contributed by atoms with Crippen molar-refractivity contribution in [2.24, 2.45) is 0 Å². The highest BCUT2D eigenvalue weighted by Gasteiger charge is 2.23. The lowest BCUT2D eigenvalue weighted by atomic mass is 10.2. The molecule has 3 aromatic rings. The third-order valence-electron chi connectivity index (χ3n) is 4.78. The Labute approximate surface area is 182 Å². The van der Waals surface area contributed by atoms with E-state index in [1.165, 1.54) is 17.8 Å². The molecule has 1 aromatic carbocycles. The van der Waals surface area contributed by atoms with Crippen LogP contribution in [0.5, 0.6) is 5.75 Å². The summed E-state index contributed by atoms with van der Waals surface area (Å²) in [6.45, 7) is 2.45. The number of ether oxygens (including phenoxy) is 1. The number of benzene rings is 1. The number of thioether (sulfide) groups is 1. The van der Waals surface area contributed by atoms with E-state index in [0.29, 0.717) is 65.3 Å². The van der Waals surface area contributed by atoms with Gasteiger partial charge in [0, 0.05) is 30.6 Å². The molecule has 156 valence electrons. The number of carbonyl (C=O) groups is 1. The maximum absolute atomic E-state index is 12.3. The van der Waals surface area contributed by atoms with E-state index in [0.717, 1.165) is 4.90 Å². The molecule has 1 fully saturated rings. The number of aromatic nitrogens is 3. The number of nitrogens with zero attached hydrogens (tertiary/aromatic N) is 4. The van der Waals surface area contributed by atoms with E-state index in [1.807, 2.05) is 6.26 Å². The number of hydrogen-bond donors (Lipinski definition) is 2. The van der Waals surface area contributed by atoms with Crippen LogP contribution in [0, 0.1) is 0 Å². The van der Waals surface area contributed by atoms with Crippen molar-refractivity contribution in [3.8, 4) is 17.1 Å². The van der Waals surface area contributed by atoms with Gasteiger partial charge < -0.3 is 20.1 Å². The second-order valence-electron chi connectivity index (χ2n) is 6.62. The van der Waals surface area contributed by atoms with Crippen LogP contribution in [0.15, 0.2) is 29.2 Å². The number of nitrogens with one attached hydrogen (secondary N) is 1. The van der Waals surface area contributed by atoms with E-state index < -0.39 is 0 Å². The number of morpholine rings is 1. The average molecular weight is 446 g/mol. The molecule has 30 heavy (non-hydrogen) atoms. The van der Waals surface area contributed by atoms with E-state index in [4.69, 9.17) is 26.3 Å². The molecular formula is C20H20ClN5O3S. The highest BCUT2D eigenvalue weighted by Crippen LogP contribution is 2.35. The summed E-state index contributed by atoms with van der Waals surface area (Å²) in [5, 5.41) is 12.7. The molecule has 4 rings (SSSR count). The van der Waals surface area contributed by atoms with Gasteiger partial charge in [-0.25, -0.2) is 15.0 Å². The van der Waals surface area contributed by atoms with Crippen LogP contribution in [0.3, 0.4) is 0 Å². The first-order valence-electron chi connectivity index (χ1n) is 9.32. The maximum atomic E-state index is 12.3. The van der Waals surface area contributed by atoms with Crippen LogP contribution in [0.2, 0.25) is 5.02 Å². The predicted octanol–water partition coefficient (Wildman–Crippen LogP) is 2.97. The Bertz CT molecular complexity index is 1120. The molecular weight excluding hydrogens is 426 g/mol. The summed E-state index contributed by atoms with van der Waals surface area (Å²) in [6, 6.07) is 6.42. The summed E-state index contributed by atoms with van der Waals surface area (Å²) in [6.07, 6.45) is 1.92. The van der Waals surface area contributed by atoms with Gasteiger partial charge in [-0.1, -0.05) is 11.6 Å². The fraction of sp³-hybridized carbons (Fsp3) is 0.300. The molecule has 0 unspecified atom stereocenters. The zero-order valence-corrected chi connectivity index (χ0v) is 18.0. The number of fused-ring (bicyclic) bond motifs is 1. The van der Waals surface area contributed by atoms with E-state index in [1.54, 1.807) is 25.2 Å². The molecule has 0 radical (unpaired) electrons. The number of anilines is 1. The number of pyridine rings is 1. The minimum atomic E-state index is -0.272. The largest absolute Gasteiger partial charge is 0.508 e. The third kappa shape index (κ3) is 3.88. The van der Waals surface area contributed by atoms with E-state index in [2.05, 4.69) is 15.2 Å². The fourth-order valence-corrected chi connectivity index (χ4v) is 4.09. The standard InChI is InChI=1S/C20H20ClN5O3S/c1-22-20(28)14-10-15(30-2)16-17(23-14)19(26-5-7-29-8-6-26)25-18(24-16)12-4-3-11(27)9-13(12)21/h3-4,9-10,27H,5-8H2,1-2H3,(H,22,28). The first kappa shape index (κ1) is 20.6. The second kappa shape index (κ2) is 8.63. The molecule has 1 saturated heterocycles. The van der Waals surface area contributed by atoms with Crippen molar-refractivity contribution >= 4 is 46.1 Å². The highest BCUT2D eigenvalue weighted by molar-refractivity contribution is 7.98. The molecule has 0 spiro atoms. The molecule has 3 heterocycles. The van der Waals surface area contributed by atoms with Gasteiger partial charge in [0.15, 0.2) is 11.6 Å². The zero-order chi connectivity index (χ0) is 21.3. The summed E-state index contributed by atoms with van der Waals surface area (Å²) in [7, 11) is 1.57. The Hall–Kier alpha value is -2.62. The first-order chi connectivity index (χ1) is 14.5. The van der Waals surface area contributed by atoms with Crippen LogP contribution in [-0.4, -0.2) is 65.6 Å². The van der Waals surface area contributed by atoms with Crippen LogP contribution >= 0.6 is 23.4 Å². The van der Waals surface area contributed by atoms with Gasteiger partial charge in [0.2, 0.25) is 0 Å². The van der Waals surface area contributed by atoms with Crippen molar-refractivity contribution in [2.45, 2.75) is 4.90 Å². The number of aromatic hydroxyl groups is 1. The van der Waals surface area contributed by atoms with Crippen molar-refractivity contribution in [2.75, 3.05) is 44.5 Å². The van der Waals surface area contributed by atoms with E-state index >= 15 is 0 Å². The van der Waals surface area contributed by atoms with Crippen LogP contribution in [0.1, 0.15) is 10.5 Å². The fourth-order valence-electron chi connectivity index (χ4n) is 3.26. The number of halogens is 1. The number of phenols is 1. The summed E-state index contributed by atoms with van der Waals surface area (Å²) in [5.74, 6) is 0.854. The molecule has 0 aliphatic carbocycles. The lowest BCUT2D eigenvalue weighted by Gasteiger charge is -2.29. The summed E-state index contributed by atoms with van der Waals surface area (Å²) in [5.41, 5.74) is 2.11. The minimum Gasteiger partial charge on any atom is -0.508 e. The van der Waals surface area contributed by atoms with Gasteiger partial charge in [-0.2, -0.15) is 0 Å². The molecule has 1 aliphatic rings. The van der Waals surface area contributed by atoms with Gasteiger partial charge >= 0.3 is 0 Å². The molecule has 10 heteroatoms. The van der Waals surface area contributed by atoms with Gasteiger partial charge in [0.1, 0.15) is 22.5 Å². The van der Waals surface area contributed by atoms with E-state index in [-0.39, 0.29) is 11.7 Å². The summed E-state index contributed by atoms with van der Waals surface area (Å²) < 4.78 is 5.48. The van der Waals surface area contributed by atoms with Gasteiger partial charge in [-0.3, -0.25) is 4.79 Å². The van der Waals surface area contributed by atoms with Crippen LogP contribution in [-0.2, 0) is 4.74 Å². The number of hydrogen-bond acceptors (Lipinski definition) is 8. The van der Waals surface area contributed by atoms with E-state index in [9.17, 15) is 9.90 Å². The quantitative estimate of drug-likeness (QED) is 0.591. The Morgan fingerprint density at radius 2 is 1.97 bits per heavy atom. The summed E-state index contributed by atoms with van der Waals surface area (Å²) in [4.78, 5) is 29.3. The van der Waals surface area contributed by atoms with Crippen LogP contribution < -0.4 is 10.2 Å². The third-order valence-corrected chi connectivity index (χ3v) is 5.85. The Morgan fingerprint density at radius 3 is 2.63 bits per heavy atom. The lowest BCUT2D eigenvalue weighted by Crippen LogP contribution is -2.37. The van der Waals surface area contributed by atoms with Crippen molar-refractivity contribution in [3.63, 3.8) is 0 Å². The Balaban J connectivity index is 2.00. The molecule has 8 nitrogen and oxygen atoms in total. The molecule has 2 N–H and O–H groups in total. The molecule has 0 atom stereocenters. The normalized spacial score (nSPS) is 14.2. The lowest BCUT2D eigenvalue weighted by molar-refractivity contribution is 0.0958. The van der Waals surface area contributed by atoms with Crippen LogP contribution in [0.25, 0.3) is 22.4 Å². The average Bonchev–Trinajstić information content (AvgIpc) is 2.77. The van der Waals surface area contributed by atoms with Crippen molar-refractivity contribution in [3.05, 3.63) is 35.0 Å². The van der Waals surface area contributed by atoms with Crippen molar-refractivity contribution < 1.29 is 14.6 Å². The Morgan fingerprint density at radius 1 is 1.20 bits per heavy atom. The monoisotopic (exact) mass is 445 g/mol. The number of phenolic OH excluding ortho intramolecular Hbond substituents is 1. The minimum absolute atomic E-state index is 0.0691. The number of carbonyl (C=O) groups excluding carboxylic acids is 1. The predicted molar refractivity (Wildman–Crippen MR) is 118 cm³/mol. The van der Waals surface area contributed by atoms with Crippen LogP contribution in [0.4, 0.5) is 5.82 Å². The van der Waals surface area contributed by atoms with Gasteiger partial charge in [0.25, 0.3) is 5.91 Å². The molecule has 0 saturated carbocycles. The van der Waals surface area contributed by atoms with Gasteiger partial charge in [0.05, 0.1) is 18.2 Å². The first-order valence-corrected chi connectivity index (χ1v) is 10.9. The summed E-state index contributed by atoms with van der Waals surface area (Å²) >= 11 is 7.85.